The van der Waals surface area contributed by atoms with Crippen LogP contribution in [0.5, 0.6) is 0 Å². The molecule has 0 aliphatic heterocycles. The fourth-order valence-electron chi connectivity index (χ4n) is 2.45. The van der Waals surface area contributed by atoms with Gasteiger partial charge in [0.1, 0.15) is 0 Å². The van der Waals surface area contributed by atoms with Crippen LogP contribution < -0.4 is 16.4 Å². The lowest BCUT2D eigenvalue weighted by atomic mass is 10.0. The summed E-state index contributed by atoms with van der Waals surface area (Å²) in [4.78, 5) is 12.4. The zero-order chi connectivity index (χ0) is 13.8. The van der Waals surface area contributed by atoms with Gasteiger partial charge in [-0.05, 0) is 31.9 Å². The van der Waals surface area contributed by atoms with E-state index in [9.17, 15) is 4.79 Å². The molecule has 102 valence electrons. The summed E-state index contributed by atoms with van der Waals surface area (Å²) < 4.78 is 0. The standard InChI is InChI=1S/C14H19N3OS/c1-9-5-7-10(8-6-9)16-14(18)17-12-4-2-3-11(12)13(15)19/h5-8,11-12H,2-4H2,1H3,(H2,15,19)(H2,16,17,18). The number of nitrogens with two attached hydrogens (primary N) is 1. The van der Waals surface area contributed by atoms with Crippen molar-refractivity contribution < 1.29 is 4.79 Å². The molecule has 1 saturated carbocycles. The van der Waals surface area contributed by atoms with Crippen molar-refractivity contribution in [2.45, 2.75) is 32.2 Å². The number of hydrogen-bond donors (Lipinski definition) is 3. The molecule has 1 aromatic carbocycles. The molecule has 0 radical (unpaired) electrons. The molecule has 2 amide bonds. The van der Waals surface area contributed by atoms with Gasteiger partial charge in [0.15, 0.2) is 0 Å². The maximum atomic E-state index is 11.9. The summed E-state index contributed by atoms with van der Waals surface area (Å²) in [5.41, 5.74) is 7.64. The predicted octanol–water partition coefficient (Wildman–Crippen LogP) is 2.57. The maximum Gasteiger partial charge on any atom is 0.319 e. The highest BCUT2D eigenvalue weighted by molar-refractivity contribution is 7.80. The lowest BCUT2D eigenvalue weighted by molar-refractivity contribution is 0.247. The number of amides is 2. The SMILES string of the molecule is Cc1ccc(NC(=O)NC2CCCC2C(N)=S)cc1. The molecule has 19 heavy (non-hydrogen) atoms. The molecule has 2 unspecified atom stereocenters. The molecular weight excluding hydrogens is 258 g/mol. The number of aryl methyl sites for hydroxylation is 1. The summed E-state index contributed by atoms with van der Waals surface area (Å²) >= 11 is 5.04. The van der Waals surface area contributed by atoms with Crippen molar-refractivity contribution in [2.24, 2.45) is 11.7 Å². The minimum absolute atomic E-state index is 0.0583. The number of carbonyl (C=O) groups excluding carboxylic acids is 1. The van der Waals surface area contributed by atoms with Crippen molar-refractivity contribution in [3.8, 4) is 0 Å². The van der Waals surface area contributed by atoms with Crippen molar-refractivity contribution in [2.75, 3.05) is 5.32 Å². The van der Waals surface area contributed by atoms with Crippen LogP contribution in [0.2, 0.25) is 0 Å². The molecule has 4 N–H and O–H groups in total. The normalized spacial score (nSPS) is 21.9. The number of hydrogen-bond acceptors (Lipinski definition) is 2. The Morgan fingerprint density at radius 2 is 2.00 bits per heavy atom. The van der Waals surface area contributed by atoms with Crippen LogP contribution in [0.25, 0.3) is 0 Å². The average Bonchev–Trinajstić information content (AvgIpc) is 2.80. The minimum atomic E-state index is -0.197. The first-order valence-corrected chi connectivity index (χ1v) is 6.90. The van der Waals surface area contributed by atoms with Gasteiger partial charge in [-0.25, -0.2) is 4.79 Å². The number of thiocarbonyl (C=S) groups is 1. The highest BCUT2D eigenvalue weighted by atomic mass is 32.1. The van der Waals surface area contributed by atoms with E-state index in [-0.39, 0.29) is 18.0 Å². The van der Waals surface area contributed by atoms with Crippen LogP contribution in [0.15, 0.2) is 24.3 Å². The van der Waals surface area contributed by atoms with E-state index in [1.165, 1.54) is 0 Å². The number of rotatable bonds is 3. The Bertz CT molecular complexity index is 472. The third-order valence-corrected chi connectivity index (χ3v) is 3.81. The van der Waals surface area contributed by atoms with Crippen molar-refractivity contribution in [3.63, 3.8) is 0 Å². The fourth-order valence-corrected chi connectivity index (χ4v) is 2.73. The van der Waals surface area contributed by atoms with Gasteiger partial charge < -0.3 is 16.4 Å². The van der Waals surface area contributed by atoms with Crippen molar-refractivity contribution in [1.29, 1.82) is 0 Å². The first-order chi connectivity index (χ1) is 9.06. The molecular formula is C14H19N3OS. The number of benzene rings is 1. The largest absolute Gasteiger partial charge is 0.393 e. The molecule has 0 heterocycles. The maximum absolute atomic E-state index is 11.9. The summed E-state index contributed by atoms with van der Waals surface area (Å²) in [5.74, 6) is 0.124. The third kappa shape index (κ3) is 3.67. The van der Waals surface area contributed by atoms with Gasteiger partial charge in [-0.1, -0.05) is 36.3 Å². The van der Waals surface area contributed by atoms with E-state index in [0.29, 0.717) is 4.99 Å². The zero-order valence-corrected chi connectivity index (χ0v) is 11.8. The highest BCUT2D eigenvalue weighted by Crippen LogP contribution is 2.26. The Morgan fingerprint density at radius 3 is 2.63 bits per heavy atom. The van der Waals surface area contributed by atoms with Crippen LogP contribution in [0.4, 0.5) is 10.5 Å². The molecule has 5 heteroatoms. The molecule has 0 spiro atoms. The van der Waals surface area contributed by atoms with Crippen molar-refractivity contribution in [3.05, 3.63) is 29.8 Å². The smallest absolute Gasteiger partial charge is 0.319 e. The summed E-state index contributed by atoms with van der Waals surface area (Å²) in [5, 5.41) is 5.78. The van der Waals surface area contributed by atoms with Crippen LogP contribution in [0, 0.1) is 12.8 Å². The van der Waals surface area contributed by atoms with Gasteiger partial charge in [-0.3, -0.25) is 0 Å². The van der Waals surface area contributed by atoms with Crippen LogP contribution in [-0.2, 0) is 0 Å². The third-order valence-electron chi connectivity index (χ3n) is 3.51. The Hall–Kier alpha value is -1.62. The van der Waals surface area contributed by atoms with E-state index < -0.39 is 0 Å². The van der Waals surface area contributed by atoms with Gasteiger partial charge in [0, 0.05) is 17.6 Å². The predicted molar refractivity (Wildman–Crippen MR) is 81.2 cm³/mol. The molecule has 1 aliphatic carbocycles. The van der Waals surface area contributed by atoms with Gasteiger partial charge in [0.05, 0.1) is 4.99 Å². The Labute approximate surface area is 118 Å². The molecule has 4 nitrogen and oxygen atoms in total. The number of nitrogens with one attached hydrogen (secondary N) is 2. The Kier molecular flexibility index (Phi) is 4.37. The van der Waals surface area contributed by atoms with Crippen LogP contribution >= 0.6 is 12.2 Å². The zero-order valence-electron chi connectivity index (χ0n) is 11.0. The second kappa shape index (κ2) is 6.02. The molecule has 1 aromatic rings. The minimum Gasteiger partial charge on any atom is -0.393 e. The second-order valence-corrected chi connectivity index (χ2v) is 5.48. The number of urea groups is 1. The first kappa shape index (κ1) is 13.8. The summed E-state index contributed by atoms with van der Waals surface area (Å²) in [6.07, 6.45) is 2.95. The second-order valence-electron chi connectivity index (χ2n) is 5.01. The lowest BCUT2D eigenvalue weighted by Gasteiger charge is -2.20. The molecule has 1 aliphatic rings. The lowest BCUT2D eigenvalue weighted by Crippen LogP contribution is -2.43. The first-order valence-electron chi connectivity index (χ1n) is 6.50. The van der Waals surface area contributed by atoms with E-state index in [0.717, 1.165) is 30.5 Å². The molecule has 2 rings (SSSR count). The topological polar surface area (TPSA) is 67.2 Å². The average molecular weight is 277 g/mol. The number of carbonyl (C=O) groups is 1. The summed E-state index contributed by atoms with van der Waals surface area (Å²) in [6.45, 7) is 2.01. The quantitative estimate of drug-likeness (QED) is 0.744. The molecule has 0 saturated heterocycles. The van der Waals surface area contributed by atoms with Crippen LogP contribution in [0.1, 0.15) is 24.8 Å². The van der Waals surface area contributed by atoms with E-state index in [4.69, 9.17) is 18.0 Å². The van der Waals surface area contributed by atoms with Crippen molar-refractivity contribution >= 4 is 28.9 Å². The molecule has 1 fully saturated rings. The van der Waals surface area contributed by atoms with Gasteiger partial charge in [-0.15, -0.1) is 0 Å². The fraction of sp³-hybridized carbons (Fsp3) is 0.429. The van der Waals surface area contributed by atoms with E-state index in [1.807, 2.05) is 31.2 Å². The molecule has 0 bridgehead atoms. The van der Waals surface area contributed by atoms with E-state index in [1.54, 1.807) is 0 Å². The Morgan fingerprint density at radius 1 is 1.32 bits per heavy atom. The molecule has 0 aromatic heterocycles. The van der Waals surface area contributed by atoms with Gasteiger partial charge in [0.2, 0.25) is 0 Å². The molecule has 2 atom stereocenters. The Balaban J connectivity index is 1.90. The van der Waals surface area contributed by atoms with E-state index >= 15 is 0 Å². The summed E-state index contributed by atoms with van der Waals surface area (Å²) in [6, 6.07) is 7.55. The highest BCUT2D eigenvalue weighted by Gasteiger charge is 2.30. The number of anilines is 1. The van der Waals surface area contributed by atoms with E-state index in [2.05, 4.69) is 10.6 Å². The van der Waals surface area contributed by atoms with Crippen LogP contribution in [0.3, 0.4) is 0 Å². The van der Waals surface area contributed by atoms with Crippen LogP contribution in [-0.4, -0.2) is 17.1 Å². The van der Waals surface area contributed by atoms with Crippen molar-refractivity contribution in [1.82, 2.24) is 5.32 Å². The monoisotopic (exact) mass is 277 g/mol. The summed E-state index contributed by atoms with van der Waals surface area (Å²) in [7, 11) is 0. The van der Waals surface area contributed by atoms with Gasteiger partial charge >= 0.3 is 6.03 Å². The van der Waals surface area contributed by atoms with Gasteiger partial charge in [0.25, 0.3) is 0 Å². The van der Waals surface area contributed by atoms with Gasteiger partial charge in [-0.2, -0.15) is 0 Å².